The number of hydrogen-bond acceptors (Lipinski definition) is 4. The molecule has 0 atom stereocenters. The standard InChI is InChI=1S/C20H19BrClN5O2/c1-12(2)24-20(29)14-7-4-6-13(3)18(14)26(11-28)17-10-16(21)25-27(17)19-15(22)8-5-9-23-19/h4-12H,1-3H3,(H,24,29). The summed E-state index contributed by atoms with van der Waals surface area (Å²) in [5.74, 6) is 0.482. The van der Waals surface area contributed by atoms with E-state index in [1.807, 2.05) is 26.8 Å². The first-order valence-corrected chi connectivity index (χ1v) is 10.0. The van der Waals surface area contributed by atoms with Gasteiger partial charge in [0.2, 0.25) is 6.41 Å². The highest BCUT2D eigenvalue weighted by Crippen LogP contribution is 2.34. The molecule has 2 aromatic heterocycles. The van der Waals surface area contributed by atoms with Crippen molar-refractivity contribution in [3.63, 3.8) is 0 Å². The Bertz CT molecular complexity index is 1070. The van der Waals surface area contributed by atoms with Crippen LogP contribution in [0.2, 0.25) is 5.02 Å². The number of benzene rings is 1. The Hall–Kier alpha value is -2.71. The van der Waals surface area contributed by atoms with E-state index in [4.69, 9.17) is 11.6 Å². The van der Waals surface area contributed by atoms with Crippen molar-refractivity contribution in [1.82, 2.24) is 20.1 Å². The van der Waals surface area contributed by atoms with Crippen LogP contribution in [0.15, 0.2) is 47.2 Å². The van der Waals surface area contributed by atoms with E-state index in [2.05, 4.69) is 31.3 Å². The molecule has 0 aliphatic rings. The smallest absolute Gasteiger partial charge is 0.253 e. The Labute approximate surface area is 181 Å². The van der Waals surface area contributed by atoms with E-state index in [0.29, 0.717) is 38.9 Å². The first-order chi connectivity index (χ1) is 13.8. The van der Waals surface area contributed by atoms with Gasteiger partial charge >= 0.3 is 0 Å². The number of halogens is 2. The van der Waals surface area contributed by atoms with Gasteiger partial charge in [-0.25, -0.2) is 4.98 Å². The summed E-state index contributed by atoms with van der Waals surface area (Å²) in [6.45, 7) is 5.59. The third-order valence-corrected chi connectivity index (χ3v) is 4.78. The SMILES string of the molecule is Cc1cccc(C(=O)NC(C)C)c1N(C=O)c1cc(Br)nn1-c1ncccc1Cl. The highest BCUT2D eigenvalue weighted by Gasteiger charge is 2.25. The maximum absolute atomic E-state index is 12.8. The first-order valence-electron chi connectivity index (χ1n) is 8.85. The minimum absolute atomic E-state index is 0.0486. The van der Waals surface area contributed by atoms with Gasteiger partial charge in [0, 0.05) is 18.3 Å². The molecule has 2 heterocycles. The van der Waals surface area contributed by atoms with Crippen LogP contribution in [-0.4, -0.2) is 33.1 Å². The zero-order chi connectivity index (χ0) is 21.1. The lowest BCUT2D eigenvalue weighted by molar-refractivity contribution is -0.106. The summed E-state index contributed by atoms with van der Waals surface area (Å²) in [6.07, 6.45) is 2.23. The third kappa shape index (κ3) is 4.33. The largest absolute Gasteiger partial charge is 0.350 e. The molecule has 3 rings (SSSR count). The molecule has 1 aromatic carbocycles. The van der Waals surface area contributed by atoms with Crippen molar-refractivity contribution >= 4 is 51.4 Å². The lowest BCUT2D eigenvalue weighted by Gasteiger charge is -2.23. The molecule has 0 aliphatic heterocycles. The van der Waals surface area contributed by atoms with E-state index in [1.54, 1.807) is 36.5 Å². The number of aryl methyl sites for hydroxylation is 1. The maximum Gasteiger partial charge on any atom is 0.253 e. The predicted molar refractivity (Wildman–Crippen MR) is 116 cm³/mol. The van der Waals surface area contributed by atoms with Crippen LogP contribution in [0.4, 0.5) is 11.5 Å². The van der Waals surface area contributed by atoms with Gasteiger partial charge in [-0.1, -0.05) is 23.7 Å². The van der Waals surface area contributed by atoms with Crippen molar-refractivity contribution in [2.75, 3.05) is 4.90 Å². The van der Waals surface area contributed by atoms with Gasteiger partial charge in [-0.05, 0) is 60.5 Å². The number of nitrogens with zero attached hydrogens (tertiary/aromatic N) is 4. The fraction of sp³-hybridized carbons (Fsp3) is 0.200. The van der Waals surface area contributed by atoms with E-state index in [1.165, 1.54) is 9.58 Å². The van der Waals surface area contributed by atoms with Crippen LogP contribution in [0, 0.1) is 6.92 Å². The summed E-state index contributed by atoms with van der Waals surface area (Å²) in [5.41, 5.74) is 1.59. The Morgan fingerprint density at radius 1 is 1.31 bits per heavy atom. The molecule has 3 aromatic rings. The molecule has 0 spiro atoms. The van der Waals surface area contributed by atoms with E-state index < -0.39 is 0 Å². The van der Waals surface area contributed by atoms with Crippen LogP contribution >= 0.6 is 27.5 Å². The number of pyridine rings is 1. The Kier molecular flexibility index (Phi) is 6.34. The number of aromatic nitrogens is 3. The minimum atomic E-state index is -0.272. The first kappa shape index (κ1) is 21.0. The molecule has 0 fully saturated rings. The van der Waals surface area contributed by atoms with Gasteiger partial charge in [0.05, 0.1) is 16.3 Å². The van der Waals surface area contributed by atoms with Gasteiger partial charge in [0.1, 0.15) is 10.4 Å². The van der Waals surface area contributed by atoms with Crippen molar-refractivity contribution < 1.29 is 9.59 Å². The molecular weight excluding hydrogens is 458 g/mol. The van der Waals surface area contributed by atoms with E-state index in [0.717, 1.165) is 5.56 Å². The van der Waals surface area contributed by atoms with E-state index in [9.17, 15) is 9.59 Å². The minimum Gasteiger partial charge on any atom is -0.350 e. The van der Waals surface area contributed by atoms with Crippen molar-refractivity contribution in [2.45, 2.75) is 26.8 Å². The normalized spacial score (nSPS) is 10.8. The van der Waals surface area contributed by atoms with Crippen molar-refractivity contribution in [2.24, 2.45) is 0 Å². The second kappa shape index (κ2) is 8.75. The number of rotatable bonds is 6. The molecule has 150 valence electrons. The van der Waals surface area contributed by atoms with Crippen LogP contribution < -0.4 is 10.2 Å². The van der Waals surface area contributed by atoms with Crippen LogP contribution in [0.3, 0.4) is 0 Å². The molecule has 7 nitrogen and oxygen atoms in total. The number of hydrogen-bond donors (Lipinski definition) is 1. The highest BCUT2D eigenvalue weighted by molar-refractivity contribution is 9.10. The lowest BCUT2D eigenvalue weighted by atomic mass is 10.1. The molecular formula is C20H19BrClN5O2. The average molecular weight is 477 g/mol. The maximum atomic E-state index is 12.8. The molecule has 1 N–H and O–H groups in total. The molecule has 0 saturated carbocycles. The summed E-state index contributed by atoms with van der Waals surface area (Å²) in [4.78, 5) is 30.6. The Morgan fingerprint density at radius 2 is 2.07 bits per heavy atom. The molecule has 2 amide bonds. The molecule has 29 heavy (non-hydrogen) atoms. The number of amides is 2. The Morgan fingerprint density at radius 3 is 2.72 bits per heavy atom. The van der Waals surface area contributed by atoms with Crippen molar-refractivity contribution in [3.05, 3.63) is 63.3 Å². The summed E-state index contributed by atoms with van der Waals surface area (Å²) < 4.78 is 1.94. The quantitative estimate of drug-likeness (QED) is 0.534. The third-order valence-electron chi connectivity index (χ3n) is 4.10. The number of para-hydroxylation sites is 1. The summed E-state index contributed by atoms with van der Waals surface area (Å²) in [7, 11) is 0. The van der Waals surface area contributed by atoms with Crippen molar-refractivity contribution in [3.8, 4) is 5.82 Å². The number of carbonyl (C=O) groups excluding carboxylic acids is 2. The second-order valence-corrected chi connectivity index (χ2v) is 7.84. The summed E-state index contributed by atoms with van der Waals surface area (Å²) in [5, 5.41) is 7.62. The van der Waals surface area contributed by atoms with Crippen LogP contribution in [0.1, 0.15) is 29.8 Å². The van der Waals surface area contributed by atoms with Crippen LogP contribution in [0.25, 0.3) is 5.82 Å². The van der Waals surface area contributed by atoms with Gasteiger partial charge in [-0.3, -0.25) is 14.5 Å². The van der Waals surface area contributed by atoms with Gasteiger partial charge < -0.3 is 5.32 Å². The van der Waals surface area contributed by atoms with E-state index in [-0.39, 0.29) is 11.9 Å². The van der Waals surface area contributed by atoms with Gasteiger partial charge in [0.15, 0.2) is 5.82 Å². The topological polar surface area (TPSA) is 80.1 Å². The number of carbonyl (C=O) groups is 2. The molecule has 0 saturated heterocycles. The summed E-state index contributed by atoms with van der Waals surface area (Å²) >= 11 is 9.64. The fourth-order valence-electron chi connectivity index (χ4n) is 2.93. The molecule has 0 radical (unpaired) electrons. The molecule has 0 unspecified atom stereocenters. The van der Waals surface area contributed by atoms with Gasteiger partial charge in [0.25, 0.3) is 5.91 Å². The van der Waals surface area contributed by atoms with Crippen LogP contribution in [-0.2, 0) is 4.79 Å². The summed E-state index contributed by atoms with van der Waals surface area (Å²) in [6, 6.07) is 10.3. The monoisotopic (exact) mass is 475 g/mol. The zero-order valence-corrected chi connectivity index (χ0v) is 18.4. The number of anilines is 2. The fourth-order valence-corrected chi connectivity index (χ4v) is 3.49. The zero-order valence-electron chi connectivity index (χ0n) is 16.1. The number of nitrogens with one attached hydrogen (secondary N) is 1. The molecule has 0 aliphatic carbocycles. The van der Waals surface area contributed by atoms with Crippen molar-refractivity contribution in [1.29, 1.82) is 0 Å². The average Bonchev–Trinajstić information content (AvgIpc) is 3.04. The van der Waals surface area contributed by atoms with Gasteiger partial charge in [-0.2, -0.15) is 9.78 Å². The van der Waals surface area contributed by atoms with Gasteiger partial charge in [-0.15, -0.1) is 0 Å². The lowest BCUT2D eigenvalue weighted by Crippen LogP contribution is -2.32. The van der Waals surface area contributed by atoms with Crippen LogP contribution in [0.5, 0.6) is 0 Å². The molecule has 0 bridgehead atoms. The second-order valence-electron chi connectivity index (χ2n) is 6.62. The predicted octanol–water partition coefficient (Wildman–Crippen LogP) is 4.42. The highest BCUT2D eigenvalue weighted by atomic mass is 79.9. The Balaban J connectivity index is 2.20. The van der Waals surface area contributed by atoms with E-state index >= 15 is 0 Å². The molecule has 9 heteroatoms.